The lowest BCUT2D eigenvalue weighted by molar-refractivity contribution is -0.117. The summed E-state index contributed by atoms with van der Waals surface area (Å²) in [5, 5.41) is 6.68. The van der Waals surface area contributed by atoms with Gasteiger partial charge < -0.3 is 5.32 Å². The summed E-state index contributed by atoms with van der Waals surface area (Å²) in [4.78, 5) is 10.2. The van der Waals surface area contributed by atoms with Crippen LogP contribution in [-0.2, 0) is 14.8 Å². The van der Waals surface area contributed by atoms with Crippen molar-refractivity contribution in [1.29, 1.82) is 0 Å². The first-order chi connectivity index (χ1) is 7.34. The zero-order valence-electron chi connectivity index (χ0n) is 7.91. The minimum atomic E-state index is -4.00. The Labute approximate surface area is 90.3 Å². The predicted molar refractivity (Wildman–Crippen MR) is 52.4 cm³/mol. The molecule has 0 fully saturated rings. The molecule has 1 aromatic carbocycles. The third-order valence-electron chi connectivity index (χ3n) is 1.66. The first-order valence-electron chi connectivity index (χ1n) is 4.03. The van der Waals surface area contributed by atoms with E-state index in [1.54, 1.807) is 0 Å². The number of sulfonamides is 1. The van der Waals surface area contributed by atoms with Crippen molar-refractivity contribution in [1.82, 2.24) is 0 Å². The Balaban J connectivity index is 3.06. The van der Waals surface area contributed by atoms with Gasteiger partial charge in [-0.05, 0) is 18.2 Å². The summed E-state index contributed by atoms with van der Waals surface area (Å²) in [6.07, 6.45) is 0. The third kappa shape index (κ3) is 2.97. The van der Waals surface area contributed by atoms with E-state index in [4.69, 9.17) is 5.14 Å². The molecule has 88 valence electrons. The fourth-order valence-electron chi connectivity index (χ4n) is 0.958. The van der Waals surface area contributed by atoms with Gasteiger partial charge in [0.1, 0.15) is 5.82 Å². The molecule has 3 N–H and O–H groups in total. The maximum absolute atomic E-state index is 13.2. The molecule has 8 heteroatoms. The summed E-state index contributed by atoms with van der Waals surface area (Å²) in [7, 11) is -4.00. The molecule has 0 saturated carbocycles. The molecule has 0 aliphatic rings. The summed E-state index contributed by atoms with van der Waals surface area (Å²) < 4.78 is 46.7. The van der Waals surface area contributed by atoms with Gasteiger partial charge in [-0.25, -0.2) is 22.3 Å². The van der Waals surface area contributed by atoms with Crippen molar-refractivity contribution in [3.8, 4) is 0 Å². The molecule has 0 aromatic heterocycles. The molecule has 0 spiro atoms. The lowest BCUT2D eigenvalue weighted by Crippen LogP contribution is -2.16. The van der Waals surface area contributed by atoms with E-state index in [1.165, 1.54) is 0 Å². The van der Waals surface area contributed by atoms with Crippen molar-refractivity contribution < 1.29 is 22.0 Å². The van der Waals surface area contributed by atoms with Crippen LogP contribution in [0.3, 0.4) is 0 Å². The number of primary sulfonamides is 1. The van der Waals surface area contributed by atoms with Crippen LogP contribution in [-0.4, -0.2) is 21.0 Å². The summed E-state index contributed by atoms with van der Waals surface area (Å²) in [5.74, 6) is -2.03. The number of benzene rings is 1. The minimum absolute atomic E-state index is 0.310. The van der Waals surface area contributed by atoms with Crippen LogP contribution in [0.4, 0.5) is 14.5 Å². The molecule has 0 heterocycles. The highest BCUT2D eigenvalue weighted by atomic mass is 32.2. The normalized spacial score (nSPS) is 11.2. The van der Waals surface area contributed by atoms with E-state index in [0.29, 0.717) is 6.07 Å². The fourth-order valence-corrected chi connectivity index (χ4v) is 1.48. The number of carbonyl (C=O) groups excluding carboxylic acids is 1. The number of anilines is 1. The van der Waals surface area contributed by atoms with Crippen LogP contribution in [0.5, 0.6) is 0 Å². The summed E-state index contributed by atoms with van der Waals surface area (Å²) >= 11 is 0. The standard InChI is InChI=1S/C8H8F2N2O3S/c9-4-8(13)12-7-2-1-5(3-6(7)10)16(11,14)15/h1-3H,4H2,(H,12,13)(H2,11,14,15). The van der Waals surface area contributed by atoms with Gasteiger partial charge in [0, 0.05) is 0 Å². The molecule has 1 aromatic rings. The Bertz CT molecular complexity index is 516. The zero-order valence-corrected chi connectivity index (χ0v) is 8.72. The number of halogens is 2. The Morgan fingerprint density at radius 3 is 2.50 bits per heavy atom. The second kappa shape index (κ2) is 4.54. The highest BCUT2D eigenvalue weighted by Gasteiger charge is 2.12. The van der Waals surface area contributed by atoms with Crippen LogP contribution >= 0.6 is 0 Å². The third-order valence-corrected chi connectivity index (χ3v) is 2.58. The van der Waals surface area contributed by atoms with Crippen molar-refractivity contribution in [2.24, 2.45) is 5.14 Å². The lowest BCUT2D eigenvalue weighted by Gasteiger charge is -2.05. The number of nitrogens with one attached hydrogen (secondary N) is 1. The van der Waals surface area contributed by atoms with Gasteiger partial charge in [-0.3, -0.25) is 4.79 Å². The Morgan fingerprint density at radius 1 is 1.44 bits per heavy atom. The van der Waals surface area contributed by atoms with Crippen molar-refractivity contribution in [3.63, 3.8) is 0 Å². The van der Waals surface area contributed by atoms with E-state index in [1.807, 2.05) is 5.32 Å². The van der Waals surface area contributed by atoms with Crippen LogP contribution in [0.2, 0.25) is 0 Å². The van der Waals surface area contributed by atoms with Crippen molar-refractivity contribution in [3.05, 3.63) is 24.0 Å². The minimum Gasteiger partial charge on any atom is -0.321 e. The van der Waals surface area contributed by atoms with Crippen LogP contribution in [0, 0.1) is 5.82 Å². The monoisotopic (exact) mass is 250 g/mol. The number of alkyl halides is 1. The van der Waals surface area contributed by atoms with E-state index >= 15 is 0 Å². The van der Waals surface area contributed by atoms with Crippen LogP contribution < -0.4 is 10.5 Å². The Kier molecular flexibility index (Phi) is 3.55. The molecule has 5 nitrogen and oxygen atoms in total. The summed E-state index contributed by atoms with van der Waals surface area (Å²) in [6, 6.07) is 2.64. The SMILES string of the molecule is NS(=O)(=O)c1ccc(NC(=O)CF)c(F)c1. The van der Waals surface area contributed by atoms with Gasteiger partial charge in [0.15, 0.2) is 6.67 Å². The second-order valence-electron chi connectivity index (χ2n) is 2.87. The lowest BCUT2D eigenvalue weighted by atomic mass is 10.3. The number of carbonyl (C=O) groups is 1. The molecule has 0 bridgehead atoms. The molecular weight excluding hydrogens is 242 g/mol. The molecule has 0 saturated heterocycles. The van der Waals surface area contributed by atoms with Gasteiger partial charge in [0.2, 0.25) is 10.0 Å². The van der Waals surface area contributed by atoms with Crippen molar-refractivity contribution in [2.75, 3.05) is 12.0 Å². The average molecular weight is 250 g/mol. The molecule has 0 atom stereocenters. The smallest absolute Gasteiger partial charge is 0.255 e. The summed E-state index contributed by atoms with van der Waals surface area (Å²) in [6.45, 7) is -1.30. The topological polar surface area (TPSA) is 89.3 Å². The first kappa shape index (κ1) is 12.5. The quantitative estimate of drug-likeness (QED) is 0.812. The van der Waals surface area contributed by atoms with E-state index in [-0.39, 0.29) is 5.69 Å². The molecule has 1 rings (SSSR count). The predicted octanol–water partition coefficient (Wildman–Crippen LogP) is 0.381. The molecule has 0 aliphatic carbocycles. The molecule has 0 unspecified atom stereocenters. The first-order valence-corrected chi connectivity index (χ1v) is 5.57. The number of hydrogen-bond donors (Lipinski definition) is 2. The highest BCUT2D eigenvalue weighted by Crippen LogP contribution is 2.17. The largest absolute Gasteiger partial charge is 0.321 e. The number of hydrogen-bond acceptors (Lipinski definition) is 3. The van der Waals surface area contributed by atoms with Gasteiger partial charge >= 0.3 is 0 Å². The molecule has 16 heavy (non-hydrogen) atoms. The van der Waals surface area contributed by atoms with E-state index in [2.05, 4.69) is 0 Å². The Morgan fingerprint density at radius 2 is 2.06 bits per heavy atom. The van der Waals surface area contributed by atoms with E-state index < -0.39 is 33.3 Å². The van der Waals surface area contributed by atoms with Crippen LogP contribution in [0.1, 0.15) is 0 Å². The Hall–Kier alpha value is -1.54. The molecule has 0 aliphatic heterocycles. The van der Waals surface area contributed by atoms with Crippen molar-refractivity contribution in [2.45, 2.75) is 4.90 Å². The van der Waals surface area contributed by atoms with Gasteiger partial charge in [-0.1, -0.05) is 0 Å². The molecule has 0 radical (unpaired) electrons. The van der Waals surface area contributed by atoms with E-state index in [0.717, 1.165) is 12.1 Å². The number of nitrogens with two attached hydrogens (primary N) is 1. The maximum atomic E-state index is 13.2. The number of amides is 1. The molecule has 1 amide bonds. The van der Waals surface area contributed by atoms with Crippen molar-refractivity contribution >= 4 is 21.6 Å². The zero-order chi connectivity index (χ0) is 12.3. The van der Waals surface area contributed by atoms with Crippen LogP contribution in [0.25, 0.3) is 0 Å². The van der Waals surface area contributed by atoms with Gasteiger partial charge in [-0.15, -0.1) is 0 Å². The van der Waals surface area contributed by atoms with Gasteiger partial charge in [0.25, 0.3) is 5.91 Å². The number of rotatable bonds is 3. The van der Waals surface area contributed by atoms with E-state index in [9.17, 15) is 22.0 Å². The fraction of sp³-hybridized carbons (Fsp3) is 0.125. The second-order valence-corrected chi connectivity index (χ2v) is 4.43. The highest BCUT2D eigenvalue weighted by molar-refractivity contribution is 7.89. The van der Waals surface area contributed by atoms with Gasteiger partial charge in [0.05, 0.1) is 10.6 Å². The van der Waals surface area contributed by atoms with Crippen LogP contribution in [0.15, 0.2) is 23.1 Å². The summed E-state index contributed by atoms with van der Waals surface area (Å²) in [5.41, 5.74) is -0.310. The average Bonchev–Trinajstić information content (AvgIpc) is 2.19. The maximum Gasteiger partial charge on any atom is 0.255 e. The molecular formula is C8H8F2N2O3S. The van der Waals surface area contributed by atoms with Gasteiger partial charge in [-0.2, -0.15) is 0 Å².